The number of nitriles is 1. The zero-order chi connectivity index (χ0) is 13.1. The predicted molar refractivity (Wildman–Crippen MR) is 72.0 cm³/mol. The lowest BCUT2D eigenvalue weighted by atomic mass is 10.2. The summed E-state index contributed by atoms with van der Waals surface area (Å²) in [6, 6.07) is 6.79. The zero-order valence-corrected chi connectivity index (χ0v) is 11.2. The molecule has 0 spiro atoms. The summed E-state index contributed by atoms with van der Waals surface area (Å²) in [6.45, 7) is 0. The molecule has 0 atom stereocenters. The number of rotatable bonds is 2. The molecule has 0 aliphatic carbocycles. The Bertz CT molecular complexity index is 692. The van der Waals surface area contributed by atoms with Crippen LogP contribution in [-0.2, 0) is 0 Å². The van der Waals surface area contributed by atoms with Crippen molar-refractivity contribution < 1.29 is 0 Å². The Labute approximate surface area is 116 Å². The Kier molecular flexibility index (Phi) is 3.65. The van der Waals surface area contributed by atoms with Gasteiger partial charge in [0.05, 0.1) is 28.7 Å². The maximum Gasteiger partial charge on any atom is 0.267 e. The van der Waals surface area contributed by atoms with Crippen LogP contribution >= 0.6 is 27.5 Å². The normalized spacial score (nSPS) is 9.83. The highest BCUT2D eigenvalue weighted by Gasteiger charge is 2.08. The van der Waals surface area contributed by atoms with E-state index in [4.69, 9.17) is 16.9 Å². The van der Waals surface area contributed by atoms with Gasteiger partial charge in [-0.2, -0.15) is 5.26 Å². The van der Waals surface area contributed by atoms with Crippen molar-refractivity contribution >= 4 is 39.0 Å². The molecular formula is C11H6BrClN4O. The molecule has 0 saturated heterocycles. The standard InChI is InChI=1S/C11H6BrClN4O/c12-9-10(15-5-16-11(9)18)17-8-2-1-6(4-14)3-7(8)13/h1-3,5H,(H2,15,16,17,18). The lowest BCUT2D eigenvalue weighted by Crippen LogP contribution is -2.10. The van der Waals surface area contributed by atoms with Gasteiger partial charge in [0.15, 0.2) is 5.82 Å². The van der Waals surface area contributed by atoms with E-state index in [-0.39, 0.29) is 10.0 Å². The van der Waals surface area contributed by atoms with Crippen LogP contribution < -0.4 is 10.9 Å². The van der Waals surface area contributed by atoms with Gasteiger partial charge in [0.25, 0.3) is 5.56 Å². The number of H-pyrrole nitrogens is 1. The molecule has 90 valence electrons. The summed E-state index contributed by atoms with van der Waals surface area (Å²) in [5.41, 5.74) is 0.732. The lowest BCUT2D eigenvalue weighted by molar-refractivity contribution is 1.10. The van der Waals surface area contributed by atoms with E-state index in [2.05, 4.69) is 31.2 Å². The second kappa shape index (κ2) is 5.21. The van der Waals surface area contributed by atoms with Gasteiger partial charge in [-0.25, -0.2) is 4.98 Å². The number of hydrogen-bond acceptors (Lipinski definition) is 4. The molecule has 0 radical (unpaired) electrons. The lowest BCUT2D eigenvalue weighted by Gasteiger charge is -2.08. The van der Waals surface area contributed by atoms with E-state index in [1.54, 1.807) is 12.1 Å². The van der Waals surface area contributed by atoms with E-state index in [1.165, 1.54) is 12.4 Å². The second-order valence-electron chi connectivity index (χ2n) is 3.33. The molecule has 0 fully saturated rings. The van der Waals surface area contributed by atoms with Gasteiger partial charge >= 0.3 is 0 Å². The Morgan fingerprint density at radius 3 is 2.94 bits per heavy atom. The first kappa shape index (κ1) is 12.6. The van der Waals surface area contributed by atoms with E-state index < -0.39 is 0 Å². The summed E-state index contributed by atoms with van der Waals surface area (Å²) in [5, 5.41) is 12.0. The van der Waals surface area contributed by atoms with Crippen molar-refractivity contribution in [2.45, 2.75) is 0 Å². The summed E-state index contributed by atoms with van der Waals surface area (Å²) >= 11 is 9.13. The first-order chi connectivity index (χ1) is 8.61. The van der Waals surface area contributed by atoms with Crippen molar-refractivity contribution in [3.8, 4) is 6.07 Å². The maximum atomic E-state index is 11.4. The van der Waals surface area contributed by atoms with Crippen molar-refractivity contribution in [3.05, 3.63) is 49.9 Å². The molecule has 2 rings (SSSR count). The molecule has 0 bridgehead atoms. The molecule has 2 aromatic rings. The number of aromatic nitrogens is 2. The molecule has 1 aromatic carbocycles. The number of nitrogens with zero attached hydrogens (tertiary/aromatic N) is 2. The topological polar surface area (TPSA) is 81.6 Å². The van der Waals surface area contributed by atoms with Gasteiger partial charge in [-0.1, -0.05) is 11.6 Å². The third-order valence-electron chi connectivity index (χ3n) is 2.15. The van der Waals surface area contributed by atoms with Crippen LogP contribution in [-0.4, -0.2) is 9.97 Å². The molecule has 0 unspecified atom stereocenters. The fourth-order valence-electron chi connectivity index (χ4n) is 1.28. The zero-order valence-electron chi connectivity index (χ0n) is 8.87. The Morgan fingerprint density at radius 1 is 1.50 bits per heavy atom. The molecule has 5 nitrogen and oxygen atoms in total. The highest BCUT2D eigenvalue weighted by atomic mass is 79.9. The first-order valence-electron chi connectivity index (χ1n) is 4.81. The third-order valence-corrected chi connectivity index (χ3v) is 3.20. The molecule has 0 saturated carbocycles. The van der Waals surface area contributed by atoms with Crippen LogP contribution in [0.15, 0.2) is 33.8 Å². The van der Waals surface area contributed by atoms with Gasteiger partial charge in [-0.15, -0.1) is 0 Å². The van der Waals surface area contributed by atoms with Crippen molar-refractivity contribution in [1.82, 2.24) is 9.97 Å². The molecule has 2 N–H and O–H groups in total. The molecule has 7 heteroatoms. The maximum absolute atomic E-state index is 11.4. The molecule has 18 heavy (non-hydrogen) atoms. The molecule has 0 amide bonds. The average molecular weight is 326 g/mol. The van der Waals surface area contributed by atoms with Crippen molar-refractivity contribution in [1.29, 1.82) is 5.26 Å². The first-order valence-corrected chi connectivity index (χ1v) is 5.99. The monoisotopic (exact) mass is 324 g/mol. The SMILES string of the molecule is N#Cc1ccc(Nc2nc[nH]c(=O)c2Br)c(Cl)c1. The van der Waals surface area contributed by atoms with Crippen LogP contribution in [0.2, 0.25) is 5.02 Å². The van der Waals surface area contributed by atoms with E-state index in [0.717, 1.165) is 0 Å². The number of halogens is 2. The van der Waals surface area contributed by atoms with Crippen LogP contribution in [0.5, 0.6) is 0 Å². The minimum absolute atomic E-state index is 0.283. The summed E-state index contributed by atoms with van der Waals surface area (Å²) in [5.74, 6) is 0.352. The Hall–Kier alpha value is -1.84. The van der Waals surface area contributed by atoms with E-state index in [9.17, 15) is 4.79 Å². The fourth-order valence-corrected chi connectivity index (χ4v) is 1.83. The highest BCUT2D eigenvalue weighted by molar-refractivity contribution is 9.10. The quantitative estimate of drug-likeness (QED) is 0.889. The van der Waals surface area contributed by atoms with Crippen molar-refractivity contribution in [3.63, 3.8) is 0 Å². The number of aromatic amines is 1. The van der Waals surface area contributed by atoms with Gasteiger partial charge in [0.2, 0.25) is 0 Å². The van der Waals surface area contributed by atoms with Gasteiger partial charge in [-0.05, 0) is 34.1 Å². The minimum atomic E-state index is -0.294. The van der Waals surface area contributed by atoms with Gasteiger partial charge in [0.1, 0.15) is 4.47 Å². The molecule has 0 aliphatic rings. The summed E-state index contributed by atoms with van der Waals surface area (Å²) < 4.78 is 0.283. The largest absolute Gasteiger partial charge is 0.338 e. The second-order valence-corrected chi connectivity index (χ2v) is 4.53. The van der Waals surface area contributed by atoms with Gasteiger partial charge < -0.3 is 10.3 Å². The number of nitrogens with one attached hydrogen (secondary N) is 2. The molecule has 0 aliphatic heterocycles. The Balaban J connectivity index is 2.38. The summed E-state index contributed by atoms with van der Waals surface area (Å²) in [4.78, 5) is 17.8. The molecule has 1 aromatic heterocycles. The number of anilines is 2. The van der Waals surface area contributed by atoms with Crippen LogP contribution in [0.25, 0.3) is 0 Å². The minimum Gasteiger partial charge on any atom is -0.338 e. The predicted octanol–water partition coefficient (Wildman–Crippen LogP) is 2.80. The Morgan fingerprint density at radius 2 is 2.28 bits per heavy atom. The number of benzene rings is 1. The fraction of sp³-hybridized carbons (Fsp3) is 0. The van der Waals surface area contributed by atoms with Crippen LogP contribution in [0.1, 0.15) is 5.56 Å². The van der Waals surface area contributed by atoms with Crippen LogP contribution in [0.3, 0.4) is 0 Å². The van der Waals surface area contributed by atoms with Crippen molar-refractivity contribution in [2.24, 2.45) is 0 Å². The molecule has 1 heterocycles. The van der Waals surface area contributed by atoms with E-state index >= 15 is 0 Å². The van der Waals surface area contributed by atoms with E-state index in [1.807, 2.05) is 6.07 Å². The number of hydrogen-bond donors (Lipinski definition) is 2. The highest BCUT2D eigenvalue weighted by Crippen LogP contribution is 2.27. The summed E-state index contributed by atoms with van der Waals surface area (Å²) in [6.07, 6.45) is 1.28. The third kappa shape index (κ3) is 2.53. The van der Waals surface area contributed by atoms with Crippen molar-refractivity contribution in [2.75, 3.05) is 5.32 Å². The van der Waals surface area contributed by atoms with Gasteiger partial charge in [0, 0.05) is 0 Å². The average Bonchev–Trinajstić information content (AvgIpc) is 2.37. The summed E-state index contributed by atoms with van der Waals surface area (Å²) in [7, 11) is 0. The van der Waals surface area contributed by atoms with Gasteiger partial charge in [-0.3, -0.25) is 4.79 Å². The molecular weight excluding hydrogens is 320 g/mol. The van der Waals surface area contributed by atoms with E-state index in [0.29, 0.717) is 22.1 Å². The van der Waals surface area contributed by atoms with Crippen LogP contribution in [0.4, 0.5) is 11.5 Å². The smallest absolute Gasteiger partial charge is 0.267 e. The van der Waals surface area contributed by atoms with Crippen LogP contribution in [0, 0.1) is 11.3 Å².